The molecule has 1 aliphatic rings. The third-order valence-electron chi connectivity index (χ3n) is 5.69. The molecule has 3 N–H and O–H groups in total. The van der Waals surface area contributed by atoms with Gasteiger partial charge in [-0.15, -0.1) is 0 Å². The minimum atomic E-state index is -4.23. The van der Waals surface area contributed by atoms with Gasteiger partial charge < -0.3 is 16.0 Å². The van der Waals surface area contributed by atoms with E-state index < -0.39 is 33.8 Å². The molecule has 0 bridgehead atoms. The van der Waals surface area contributed by atoms with E-state index in [1.807, 2.05) is 12.1 Å². The van der Waals surface area contributed by atoms with Crippen LogP contribution in [0.15, 0.2) is 76.4 Å². The fourth-order valence-electron chi connectivity index (χ4n) is 3.93. The Bertz CT molecular complexity index is 1390. The fourth-order valence-corrected chi connectivity index (χ4v) is 5.84. The second kappa shape index (κ2) is 10.8. The summed E-state index contributed by atoms with van der Waals surface area (Å²) in [7, 11) is -4.23. The topological polar surface area (TPSA) is 126 Å². The van der Waals surface area contributed by atoms with Gasteiger partial charge in [0, 0.05) is 43.0 Å². The molecule has 188 valence electrons. The number of nitrogens with zero attached hydrogens (tertiary/aromatic N) is 3. The monoisotopic (exact) mass is 575 g/mol. The van der Waals surface area contributed by atoms with Crippen LogP contribution in [0.5, 0.6) is 0 Å². The molecule has 0 aliphatic carbocycles. The Labute approximate surface area is 216 Å². The molecule has 12 heteroatoms. The van der Waals surface area contributed by atoms with Crippen molar-refractivity contribution in [1.29, 1.82) is 0 Å². The summed E-state index contributed by atoms with van der Waals surface area (Å²) in [6.07, 6.45) is 1.40. The van der Waals surface area contributed by atoms with Crippen LogP contribution in [0.1, 0.15) is 21.5 Å². The van der Waals surface area contributed by atoms with E-state index in [4.69, 9.17) is 5.73 Å². The molecule has 1 aromatic heterocycles. The van der Waals surface area contributed by atoms with E-state index in [9.17, 15) is 22.4 Å². The molecule has 3 aromatic rings. The van der Waals surface area contributed by atoms with Gasteiger partial charge >= 0.3 is 0 Å². The van der Waals surface area contributed by atoms with Crippen molar-refractivity contribution >= 4 is 37.8 Å². The van der Waals surface area contributed by atoms with Crippen LogP contribution in [0.4, 0.5) is 4.39 Å². The summed E-state index contributed by atoms with van der Waals surface area (Å²) in [4.78, 5) is 31.7. The fraction of sp³-hybridized carbons (Fsp3) is 0.208. The number of hydrogen-bond acceptors (Lipinski definition) is 6. The largest absolute Gasteiger partial charge is 0.349 e. The summed E-state index contributed by atoms with van der Waals surface area (Å²) in [5.74, 6) is -1.82. The SMILES string of the molecule is NCc1cccc(CNC(=O)C2N(C(=O)c3cncc(Br)c3)CCN2S(=O)(=O)c2ccc(F)cc2)c1. The number of nitrogens with one attached hydrogen (secondary N) is 1. The zero-order valence-electron chi connectivity index (χ0n) is 19.0. The molecule has 36 heavy (non-hydrogen) atoms. The second-order valence-corrected chi connectivity index (χ2v) is 10.9. The molecule has 9 nitrogen and oxygen atoms in total. The first-order valence-electron chi connectivity index (χ1n) is 11.0. The van der Waals surface area contributed by atoms with Crippen LogP contribution in [0, 0.1) is 5.82 Å². The van der Waals surface area contributed by atoms with Gasteiger partial charge in [0.05, 0.1) is 10.5 Å². The van der Waals surface area contributed by atoms with Crippen molar-refractivity contribution in [2.24, 2.45) is 5.73 Å². The highest BCUT2D eigenvalue weighted by atomic mass is 79.9. The Balaban J connectivity index is 1.65. The highest BCUT2D eigenvalue weighted by molar-refractivity contribution is 9.10. The minimum Gasteiger partial charge on any atom is -0.349 e. The van der Waals surface area contributed by atoms with Gasteiger partial charge in [0.25, 0.3) is 11.8 Å². The summed E-state index contributed by atoms with van der Waals surface area (Å²) < 4.78 is 41.8. The number of nitrogens with two attached hydrogens (primary N) is 1. The van der Waals surface area contributed by atoms with E-state index in [1.165, 1.54) is 17.3 Å². The van der Waals surface area contributed by atoms with E-state index in [0.29, 0.717) is 11.0 Å². The molecule has 1 fully saturated rings. The quantitative estimate of drug-likeness (QED) is 0.445. The first kappa shape index (κ1) is 25.9. The summed E-state index contributed by atoms with van der Waals surface area (Å²) in [6, 6.07) is 13.1. The average Bonchev–Trinajstić information content (AvgIpc) is 3.33. The molecule has 2 amide bonds. The van der Waals surface area contributed by atoms with Crippen LogP contribution in [0.3, 0.4) is 0 Å². The van der Waals surface area contributed by atoms with Crippen LogP contribution in [-0.4, -0.2) is 53.7 Å². The van der Waals surface area contributed by atoms with E-state index >= 15 is 0 Å². The van der Waals surface area contributed by atoms with Gasteiger partial charge in [0.1, 0.15) is 5.82 Å². The van der Waals surface area contributed by atoms with E-state index in [1.54, 1.807) is 18.2 Å². The normalized spacial score (nSPS) is 16.2. The molecule has 0 spiro atoms. The average molecular weight is 576 g/mol. The highest BCUT2D eigenvalue weighted by Gasteiger charge is 2.46. The second-order valence-electron chi connectivity index (χ2n) is 8.08. The number of carbonyl (C=O) groups excluding carboxylic acids is 2. The van der Waals surface area contributed by atoms with Gasteiger partial charge in [-0.1, -0.05) is 24.3 Å². The van der Waals surface area contributed by atoms with Gasteiger partial charge in [-0.25, -0.2) is 12.8 Å². The molecule has 2 aromatic carbocycles. The van der Waals surface area contributed by atoms with Crippen molar-refractivity contribution < 1.29 is 22.4 Å². The Hall–Kier alpha value is -3.19. The maximum Gasteiger partial charge on any atom is 0.259 e. The molecule has 1 unspecified atom stereocenters. The molecule has 4 rings (SSSR count). The number of halogens is 2. The summed E-state index contributed by atoms with van der Waals surface area (Å²) in [6.45, 7) is 0.297. The number of pyridine rings is 1. The zero-order chi connectivity index (χ0) is 25.9. The van der Waals surface area contributed by atoms with Crippen LogP contribution in [0.25, 0.3) is 0 Å². The smallest absolute Gasteiger partial charge is 0.259 e. The lowest BCUT2D eigenvalue weighted by atomic mass is 10.1. The number of rotatable bonds is 7. The van der Waals surface area contributed by atoms with Gasteiger partial charge in [-0.05, 0) is 57.4 Å². The van der Waals surface area contributed by atoms with Crippen molar-refractivity contribution in [1.82, 2.24) is 19.5 Å². The predicted octanol–water partition coefficient (Wildman–Crippen LogP) is 2.23. The summed E-state index contributed by atoms with van der Waals surface area (Å²) in [5, 5.41) is 2.74. The van der Waals surface area contributed by atoms with Gasteiger partial charge in [0.15, 0.2) is 6.17 Å². The predicted molar refractivity (Wildman–Crippen MR) is 133 cm³/mol. The standard InChI is InChI=1S/C24H23BrFN5O4S/c25-19-11-18(14-28-15-19)24(33)30-8-9-31(36(34,35)21-6-4-20(26)5-7-21)23(30)22(32)29-13-17-3-1-2-16(10-17)12-27/h1-7,10-11,14-15,23H,8-9,12-13,27H2,(H,29,32). The first-order valence-corrected chi connectivity index (χ1v) is 13.2. The lowest BCUT2D eigenvalue weighted by molar-refractivity contribution is -0.127. The number of aromatic nitrogens is 1. The molecular formula is C24H23BrFN5O4S. The molecule has 1 aliphatic heterocycles. The number of benzene rings is 2. The Morgan fingerprint density at radius 3 is 2.50 bits per heavy atom. The maximum absolute atomic E-state index is 13.4. The Kier molecular flexibility index (Phi) is 7.79. The molecule has 0 saturated carbocycles. The summed E-state index contributed by atoms with van der Waals surface area (Å²) >= 11 is 3.27. The molecule has 1 atom stereocenters. The third-order valence-corrected chi connectivity index (χ3v) is 7.99. The number of hydrogen-bond donors (Lipinski definition) is 2. The summed E-state index contributed by atoms with van der Waals surface area (Å²) in [5.41, 5.74) is 7.53. The zero-order valence-corrected chi connectivity index (χ0v) is 21.4. The van der Waals surface area contributed by atoms with Gasteiger partial charge in [0.2, 0.25) is 10.0 Å². The van der Waals surface area contributed by atoms with E-state index in [-0.39, 0.29) is 30.1 Å². The van der Waals surface area contributed by atoms with E-state index in [0.717, 1.165) is 39.7 Å². The van der Waals surface area contributed by atoms with Gasteiger partial charge in [-0.3, -0.25) is 14.6 Å². The highest BCUT2D eigenvalue weighted by Crippen LogP contribution is 2.27. The number of carbonyl (C=O) groups is 2. The van der Waals surface area contributed by atoms with Crippen LogP contribution in [0.2, 0.25) is 0 Å². The van der Waals surface area contributed by atoms with Crippen molar-refractivity contribution in [3.8, 4) is 0 Å². The molecule has 1 saturated heterocycles. The van der Waals surface area contributed by atoms with Crippen molar-refractivity contribution in [3.63, 3.8) is 0 Å². The van der Waals surface area contributed by atoms with Crippen LogP contribution in [-0.2, 0) is 27.9 Å². The van der Waals surface area contributed by atoms with Crippen LogP contribution >= 0.6 is 15.9 Å². The lowest BCUT2D eigenvalue weighted by Gasteiger charge is -2.29. The maximum atomic E-state index is 13.4. The van der Waals surface area contributed by atoms with Crippen molar-refractivity contribution in [3.05, 3.63) is 94.0 Å². The van der Waals surface area contributed by atoms with E-state index in [2.05, 4.69) is 26.2 Å². The molecule has 2 heterocycles. The van der Waals surface area contributed by atoms with Crippen LogP contribution < -0.4 is 11.1 Å². The third kappa shape index (κ3) is 5.46. The molecular weight excluding hydrogens is 553 g/mol. The Morgan fingerprint density at radius 2 is 1.81 bits per heavy atom. The minimum absolute atomic E-state index is 0.0213. The van der Waals surface area contributed by atoms with Gasteiger partial charge in [-0.2, -0.15) is 4.31 Å². The lowest BCUT2D eigenvalue weighted by Crippen LogP contribution is -2.53. The molecule has 0 radical (unpaired) electrons. The first-order chi connectivity index (χ1) is 17.2. The Morgan fingerprint density at radius 1 is 1.08 bits per heavy atom. The number of amides is 2. The number of sulfonamides is 1. The van der Waals surface area contributed by atoms with Crippen molar-refractivity contribution in [2.45, 2.75) is 24.2 Å². The van der Waals surface area contributed by atoms with Crippen molar-refractivity contribution in [2.75, 3.05) is 13.1 Å².